The molecule has 0 spiro atoms. The molecule has 2 rings (SSSR count). The standard InChI is InChI=1S/C13H17N2O2S/c1-2-3-12-4-6-13(7-5-12)18(16,17)15-10-8-14-9-11-15/h2-7,14H,1,8-11H2. The fourth-order valence-electron chi connectivity index (χ4n) is 1.92. The molecular weight excluding hydrogens is 248 g/mol. The van der Waals surface area contributed by atoms with Crippen LogP contribution in [0, 0.1) is 6.42 Å². The van der Waals surface area contributed by atoms with Crippen molar-refractivity contribution in [2.24, 2.45) is 0 Å². The van der Waals surface area contributed by atoms with Gasteiger partial charge in [0.1, 0.15) is 0 Å². The molecule has 1 radical (unpaired) electrons. The summed E-state index contributed by atoms with van der Waals surface area (Å²) in [5, 5.41) is 3.14. The van der Waals surface area contributed by atoms with Gasteiger partial charge in [0.2, 0.25) is 10.0 Å². The molecule has 1 N–H and O–H groups in total. The second kappa shape index (κ2) is 5.65. The maximum Gasteiger partial charge on any atom is 0.243 e. The van der Waals surface area contributed by atoms with Gasteiger partial charge in [0.25, 0.3) is 0 Å². The van der Waals surface area contributed by atoms with Crippen LogP contribution in [0.1, 0.15) is 5.56 Å². The van der Waals surface area contributed by atoms with E-state index in [1.165, 1.54) is 4.31 Å². The molecule has 97 valence electrons. The average Bonchev–Trinajstić information content (AvgIpc) is 2.41. The van der Waals surface area contributed by atoms with E-state index in [-0.39, 0.29) is 0 Å². The molecule has 1 aromatic carbocycles. The van der Waals surface area contributed by atoms with Gasteiger partial charge in [0.05, 0.1) is 4.90 Å². The maximum atomic E-state index is 12.3. The molecule has 0 bridgehead atoms. The third kappa shape index (κ3) is 2.80. The van der Waals surface area contributed by atoms with E-state index in [0.29, 0.717) is 31.1 Å². The predicted molar refractivity (Wildman–Crippen MR) is 71.7 cm³/mol. The molecule has 5 heteroatoms. The highest BCUT2D eigenvalue weighted by atomic mass is 32.2. The molecule has 0 saturated carbocycles. The third-order valence-electron chi connectivity index (χ3n) is 2.90. The minimum Gasteiger partial charge on any atom is -0.314 e. The van der Waals surface area contributed by atoms with Crippen LogP contribution in [-0.4, -0.2) is 38.9 Å². The zero-order chi connectivity index (χ0) is 13.0. The molecule has 1 aliphatic rings. The lowest BCUT2D eigenvalue weighted by Gasteiger charge is -2.26. The van der Waals surface area contributed by atoms with E-state index in [0.717, 1.165) is 5.56 Å². The fourth-order valence-corrected chi connectivity index (χ4v) is 3.36. The van der Waals surface area contributed by atoms with E-state index in [1.807, 2.05) is 6.42 Å². The van der Waals surface area contributed by atoms with Gasteiger partial charge in [-0.2, -0.15) is 4.31 Å². The Labute approximate surface area is 108 Å². The van der Waals surface area contributed by atoms with E-state index in [1.54, 1.807) is 30.3 Å². The van der Waals surface area contributed by atoms with Gasteiger partial charge in [-0.3, -0.25) is 0 Å². The molecule has 1 aromatic rings. The number of hydrogen-bond donors (Lipinski definition) is 1. The minimum absolute atomic E-state index is 0.352. The summed E-state index contributed by atoms with van der Waals surface area (Å²) in [6.07, 6.45) is 3.51. The lowest BCUT2D eigenvalue weighted by molar-refractivity contribution is 0.360. The molecule has 1 fully saturated rings. The number of sulfonamides is 1. The Morgan fingerprint density at radius 3 is 2.33 bits per heavy atom. The molecule has 0 amide bonds. The van der Waals surface area contributed by atoms with Crippen LogP contribution < -0.4 is 5.32 Å². The van der Waals surface area contributed by atoms with E-state index in [4.69, 9.17) is 0 Å². The molecule has 0 aromatic heterocycles. The van der Waals surface area contributed by atoms with Crippen LogP contribution >= 0.6 is 0 Å². The second-order valence-electron chi connectivity index (χ2n) is 4.13. The van der Waals surface area contributed by atoms with Crippen molar-refractivity contribution < 1.29 is 8.42 Å². The van der Waals surface area contributed by atoms with E-state index >= 15 is 0 Å². The topological polar surface area (TPSA) is 49.4 Å². The van der Waals surface area contributed by atoms with Crippen LogP contribution in [-0.2, 0) is 10.0 Å². The van der Waals surface area contributed by atoms with Crippen LogP contribution in [0.25, 0.3) is 0 Å². The first-order valence-electron chi connectivity index (χ1n) is 5.91. The number of benzene rings is 1. The van der Waals surface area contributed by atoms with Crippen LogP contribution in [0.4, 0.5) is 0 Å². The molecule has 18 heavy (non-hydrogen) atoms. The monoisotopic (exact) mass is 265 g/mol. The lowest BCUT2D eigenvalue weighted by Crippen LogP contribution is -2.46. The number of allylic oxidation sites excluding steroid dienone is 1. The number of hydrogen-bond acceptors (Lipinski definition) is 3. The Hall–Kier alpha value is -1.17. The van der Waals surface area contributed by atoms with Crippen molar-refractivity contribution in [3.05, 3.63) is 48.9 Å². The fraction of sp³-hybridized carbons (Fsp3) is 0.308. The summed E-state index contributed by atoms with van der Waals surface area (Å²) >= 11 is 0. The van der Waals surface area contributed by atoms with Gasteiger partial charge in [-0.25, -0.2) is 8.42 Å². The summed E-state index contributed by atoms with van der Waals surface area (Å²) in [6, 6.07) is 6.87. The predicted octanol–water partition coefficient (Wildman–Crippen LogP) is 1.02. The van der Waals surface area contributed by atoms with Gasteiger partial charge >= 0.3 is 0 Å². The maximum absolute atomic E-state index is 12.3. The number of rotatable bonds is 4. The Kier molecular flexibility index (Phi) is 4.16. The lowest BCUT2D eigenvalue weighted by atomic mass is 10.2. The zero-order valence-corrected chi connectivity index (χ0v) is 11.0. The number of piperazine rings is 1. The molecular formula is C13H17N2O2S. The third-order valence-corrected chi connectivity index (χ3v) is 4.82. The number of nitrogens with one attached hydrogen (secondary N) is 1. The quantitative estimate of drug-likeness (QED) is 0.884. The second-order valence-corrected chi connectivity index (χ2v) is 6.06. The molecule has 0 aliphatic carbocycles. The van der Waals surface area contributed by atoms with Crippen LogP contribution in [0.15, 0.2) is 41.8 Å². The normalized spacial score (nSPS) is 17.6. The first-order chi connectivity index (χ1) is 8.64. The molecule has 1 aliphatic heterocycles. The van der Waals surface area contributed by atoms with Crippen molar-refractivity contribution in [2.45, 2.75) is 4.90 Å². The summed E-state index contributed by atoms with van der Waals surface area (Å²) in [4.78, 5) is 0.352. The van der Waals surface area contributed by atoms with E-state index < -0.39 is 10.0 Å². The summed E-state index contributed by atoms with van der Waals surface area (Å²) in [6.45, 7) is 6.09. The molecule has 0 unspecified atom stereocenters. The SMILES string of the molecule is C=C[CH]c1ccc(S(=O)(=O)N2CCNCC2)cc1. The molecule has 4 nitrogen and oxygen atoms in total. The average molecular weight is 265 g/mol. The van der Waals surface area contributed by atoms with E-state index in [2.05, 4.69) is 11.9 Å². The van der Waals surface area contributed by atoms with Gasteiger partial charge < -0.3 is 5.32 Å². The van der Waals surface area contributed by atoms with Crippen molar-refractivity contribution in [3.8, 4) is 0 Å². The van der Waals surface area contributed by atoms with Gasteiger partial charge in [0, 0.05) is 32.6 Å². The van der Waals surface area contributed by atoms with Gasteiger partial charge in [0.15, 0.2) is 0 Å². The molecule has 0 atom stereocenters. The van der Waals surface area contributed by atoms with Crippen molar-refractivity contribution >= 4 is 10.0 Å². The first kappa shape index (κ1) is 13.3. The summed E-state index contributed by atoms with van der Waals surface area (Å²) in [5.41, 5.74) is 0.948. The Bertz CT molecular complexity index is 502. The summed E-state index contributed by atoms with van der Waals surface area (Å²) in [7, 11) is -3.34. The smallest absolute Gasteiger partial charge is 0.243 e. The largest absolute Gasteiger partial charge is 0.314 e. The van der Waals surface area contributed by atoms with E-state index in [9.17, 15) is 8.42 Å². The van der Waals surface area contributed by atoms with Crippen LogP contribution in [0.3, 0.4) is 0 Å². The van der Waals surface area contributed by atoms with Gasteiger partial charge in [-0.1, -0.05) is 18.2 Å². The summed E-state index contributed by atoms with van der Waals surface area (Å²) < 4.78 is 26.2. The highest BCUT2D eigenvalue weighted by Crippen LogP contribution is 2.17. The number of nitrogens with zero attached hydrogens (tertiary/aromatic N) is 1. The summed E-state index contributed by atoms with van der Waals surface area (Å²) in [5.74, 6) is 0. The van der Waals surface area contributed by atoms with Crippen LogP contribution in [0.2, 0.25) is 0 Å². The Morgan fingerprint density at radius 2 is 1.78 bits per heavy atom. The highest BCUT2D eigenvalue weighted by molar-refractivity contribution is 7.89. The Morgan fingerprint density at radius 1 is 1.17 bits per heavy atom. The van der Waals surface area contributed by atoms with Crippen LogP contribution in [0.5, 0.6) is 0 Å². The van der Waals surface area contributed by atoms with Gasteiger partial charge in [-0.05, 0) is 17.7 Å². The zero-order valence-electron chi connectivity index (χ0n) is 10.2. The van der Waals surface area contributed by atoms with Gasteiger partial charge in [-0.15, -0.1) is 6.58 Å². The Balaban J connectivity index is 2.20. The van der Waals surface area contributed by atoms with Crippen molar-refractivity contribution in [1.82, 2.24) is 9.62 Å². The van der Waals surface area contributed by atoms with Crippen molar-refractivity contribution in [3.63, 3.8) is 0 Å². The minimum atomic E-state index is -3.34. The highest BCUT2D eigenvalue weighted by Gasteiger charge is 2.25. The van der Waals surface area contributed by atoms with Crippen molar-refractivity contribution in [2.75, 3.05) is 26.2 Å². The molecule has 1 heterocycles. The first-order valence-corrected chi connectivity index (χ1v) is 7.35. The molecule has 1 saturated heterocycles. The van der Waals surface area contributed by atoms with Crippen molar-refractivity contribution in [1.29, 1.82) is 0 Å².